The van der Waals surface area contributed by atoms with E-state index >= 15 is 0 Å². The summed E-state index contributed by atoms with van der Waals surface area (Å²) >= 11 is 0. The van der Waals surface area contributed by atoms with E-state index in [9.17, 15) is 9.90 Å². The van der Waals surface area contributed by atoms with Gasteiger partial charge >= 0.3 is 5.97 Å². The van der Waals surface area contributed by atoms with Gasteiger partial charge in [0.1, 0.15) is 5.54 Å². The van der Waals surface area contributed by atoms with Gasteiger partial charge in [-0.05, 0) is 50.7 Å². The van der Waals surface area contributed by atoms with Crippen molar-refractivity contribution >= 4 is 11.7 Å². The van der Waals surface area contributed by atoms with Crippen molar-refractivity contribution in [3.8, 4) is 0 Å². The van der Waals surface area contributed by atoms with E-state index < -0.39 is 11.5 Å². The van der Waals surface area contributed by atoms with E-state index in [1.165, 1.54) is 16.8 Å². The molecule has 1 unspecified atom stereocenters. The van der Waals surface area contributed by atoms with Crippen LogP contribution in [0.2, 0.25) is 0 Å². The molecule has 0 bridgehead atoms. The predicted octanol–water partition coefficient (Wildman–Crippen LogP) is 2.72. The van der Waals surface area contributed by atoms with Crippen molar-refractivity contribution in [1.82, 2.24) is 0 Å². The highest BCUT2D eigenvalue weighted by Crippen LogP contribution is 2.28. The summed E-state index contributed by atoms with van der Waals surface area (Å²) in [6.07, 6.45) is 4.11. The van der Waals surface area contributed by atoms with Gasteiger partial charge in [-0.15, -0.1) is 0 Å². The fraction of sp³-hybridized carbons (Fsp3) is 0.588. The molecule has 1 aromatic carbocycles. The number of aliphatic carboxylic acids is 1. The van der Waals surface area contributed by atoms with Crippen molar-refractivity contribution in [2.45, 2.75) is 51.5 Å². The summed E-state index contributed by atoms with van der Waals surface area (Å²) in [7, 11) is 0. The second-order valence-electron chi connectivity index (χ2n) is 6.14. The Hall–Kier alpha value is -1.55. The summed E-state index contributed by atoms with van der Waals surface area (Å²) in [6, 6.07) is 6.60. The Balaban J connectivity index is 1.98. The van der Waals surface area contributed by atoms with Crippen molar-refractivity contribution in [2.24, 2.45) is 5.73 Å². The molecule has 0 amide bonds. The average Bonchev–Trinajstić information content (AvgIpc) is 2.46. The van der Waals surface area contributed by atoms with Crippen LogP contribution in [-0.2, 0) is 11.2 Å². The molecule has 0 spiro atoms. The molecular formula is C17H26N2O2. The number of carboxylic acid groups (broad SMARTS) is 1. The van der Waals surface area contributed by atoms with E-state index in [4.69, 9.17) is 5.73 Å². The fourth-order valence-corrected chi connectivity index (χ4v) is 3.06. The number of aryl methyl sites for hydroxylation is 2. The first-order chi connectivity index (χ1) is 9.96. The molecule has 21 heavy (non-hydrogen) atoms. The van der Waals surface area contributed by atoms with Gasteiger partial charge in [0.25, 0.3) is 0 Å². The Kier molecular flexibility index (Phi) is 4.88. The van der Waals surface area contributed by atoms with Gasteiger partial charge in [0.05, 0.1) is 0 Å². The first kappa shape index (κ1) is 15.8. The molecule has 1 aliphatic heterocycles. The molecule has 3 N–H and O–H groups in total. The summed E-state index contributed by atoms with van der Waals surface area (Å²) in [5.74, 6) is -0.889. The van der Waals surface area contributed by atoms with E-state index in [0.717, 1.165) is 32.4 Å². The van der Waals surface area contributed by atoms with E-state index in [1.54, 1.807) is 0 Å². The van der Waals surface area contributed by atoms with Gasteiger partial charge in [-0.2, -0.15) is 0 Å². The minimum atomic E-state index is -1.08. The lowest BCUT2D eigenvalue weighted by atomic mass is 9.91. The second kappa shape index (κ2) is 6.48. The third-order valence-corrected chi connectivity index (χ3v) is 4.56. The highest BCUT2D eigenvalue weighted by atomic mass is 16.4. The van der Waals surface area contributed by atoms with Gasteiger partial charge in [0.15, 0.2) is 0 Å². The van der Waals surface area contributed by atoms with Crippen LogP contribution in [-0.4, -0.2) is 29.7 Å². The standard InChI is InChI=1S/C17H26N2O2/c1-3-17(18,16(20)21)9-5-11-19-10-4-6-14-12-13(2)7-8-15(14)19/h7-8,12H,3-6,9-11,18H2,1-2H3,(H,20,21). The molecule has 0 saturated heterocycles. The quantitative estimate of drug-likeness (QED) is 0.845. The SMILES string of the molecule is CCC(N)(CCCN1CCCc2cc(C)ccc21)C(=O)O. The van der Waals surface area contributed by atoms with Gasteiger partial charge in [-0.3, -0.25) is 4.79 Å². The lowest BCUT2D eigenvalue weighted by Crippen LogP contribution is -2.47. The minimum Gasteiger partial charge on any atom is -0.480 e. The number of fused-ring (bicyclic) bond motifs is 1. The minimum absolute atomic E-state index is 0.470. The van der Waals surface area contributed by atoms with Crippen LogP contribution < -0.4 is 10.6 Å². The molecule has 0 aliphatic carbocycles. The largest absolute Gasteiger partial charge is 0.480 e. The second-order valence-corrected chi connectivity index (χ2v) is 6.14. The maximum Gasteiger partial charge on any atom is 0.323 e. The molecule has 0 fully saturated rings. The zero-order valence-electron chi connectivity index (χ0n) is 13.1. The predicted molar refractivity (Wildman–Crippen MR) is 85.8 cm³/mol. The molecule has 1 heterocycles. The number of nitrogens with two attached hydrogens (primary N) is 1. The molecule has 116 valence electrons. The molecular weight excluding hydrogens is 264 g/mol. The van der Waals surface area contributed by atoms with Crippen molar-refractivity contribution in [2.75, 3.05) is 18.0 Å². The number of nitrogens with zero attached hydrogens (tertiary/aromatic N) is 1. The van der Waals surface area contributed by atoms with Crippen molar-refractivity contribution < 1.29 is 9.90 Å². The highest BCUT2D eigenvalue weighted by molar-refractivity contribution is 5.78. The normalized spacial score (nSPS) is 17.2. The van der Waals surface area contributed by atoms with Crippen molar-refractivity contribution in [3.05, 3.63) is 29.3 Å². The first-order valence-corrected chi connectivity index (χ1v) is 7.83. The Morgan fingerprint density at radius 2 is 2.24 bits per heavy atom. The molecule has 0 aromatic heterocycles. The van der Waals surface area contributed by atoms with Gasteiger partial charge in [-0.1, -0.05) is 24.6 Å². The Morgan fingerprint density at radius 1 is 1.48 bits per heavy atom. The molecule has 2 rings (SSSR count). The zero-order valence-corrected chi connectivity index (χ0v) is 13.1. The van der Waals surface area contributed by atoms with Crippen LogP contribution in [0.3, 0.4) is 0 Å². The number of carbonyl (C=O) groups is 1. The Morgan fingerprint density at radius 3 is 2.90 bits per heavy atom. The Labute approximate surface area is 126 Å². The van der Waals surface area contributed by atoms with Gasteiger partial charge in [-0.25, -0.2) is 0 Å². The lowest BCUT2D eigenvalue weighted by Gasteiger charge is -2.32. The molecule has 0 saturated carbocycles. The average molecular weight is 290 g/mol. The number of rotatable bonds is 6. The van der Waals surface area contributed by atoms with E-state index in [0.29, 0.717) is 12.8 Å². The van der Waals surface area contributed by atoms with E-state index in [2.05, 4.69) is 30.0 Å². The summed E-state index contributed by atoms with van der Waals surface area (Å²) in [6.45, 7) is 5.89. The molecule has 4 nitrogen and oxygen atoms in total. The monoisotopic (exact) mass is 290 g/mol. The number of hydrogen-bond acceptors (Lipinski definition) is 3. The smallest absolute Gasteiger partial charge is 0.323 e. The van der Waals surface area contributed by atoms with Gasteiger partial charge < -0.3 is 15.7 Å². The van der Waals surface area contributed by atoms with Crippen LogP contribution in [0.25, 0.3) is 0 Å². The summed E-state index contributed by atoms with van der Waals surface area (Å²) in [5.41, 5.74) is 8.89. The van der Waals surface area contributed by atoms with Crippen LogP contribution in [0.4, 0.5) is 5.69 Å². The number of carboxylic acids is 1. The Bertz CT molecular complexity index is 516. The van der Waals surface area contributed by atoms with Crippen LogP contribution in [0.15, 0.2) is 18.2 Å². The summed E-state index contributed by atoms with van der Waals surface area (Å²) < 4.78 is 0. The molecule has 1 aliphatic rings. The summed E-state index contributed by atoms with van der Waals surface area (Å²) in [4.78, 5) is 13.6. The molecule has 4 heteroatoms. The van der Waals surface area contributed by atoms with Gasteiger partial charge in [0.2, 0.25) is 0 Å². The molecule has 0 radical (unpaired) electrons. The maximum atomic E-state index is 11.2. The highest BCUT2D eigenvalue weighted by Gasteiger charge is 2.31. The van der Waals surface area contributed by atoms with E-state index in [-0.39, 0.29) is 0 Å². The number of hydrogen-bond donors (Lipinski definition) is 2. The topological polar surface area (TPSA) is 66.6 Å². The van der Waals surface area contributed by atoms with Crippen LogP contribution in [0, 0.1) is 6.92 Å². The number of benzene rings is 1. The fourth-order valence-electron chi connectivity index (χ4n) is 3.06. The van der Waals surface area contributed by atoms with E-state index in [1.807, 2.05) is 6.92 Å². The van der Waals surface area contributed by atoms with Crippen LogP contribution in [0.5, 0.6) is 0 Å². The lowest BCUT2D eigenvalue weighted by molar-refractivity contribution is -0.143. The van der Waals surface area contributed by atoms with Crippen LogP contribution >= 0.6 is 0 Å². The third kappa shape index (κ3) is 3.56. The molecule has 1 atom stereocenters. The van der Waals surface area contributed by atoms with Crippen molar-refractivity contribution in [3.63, 3.8) is 0 Å². The first-order valence-electron chi connectivity index (χ1n) is 7.83. The summed E-state index contributed by atoms with van der Waals surface area (Å²) in [5, 5.41) is 9.22. The van der Waals surface area contributed by atoms with Gasteiger partial charge in [0, 0.05) is 18.8 Å². The van der Waals surface area contributed by atoms with Crippen LogP contribution in [0.1, 0.15) is 43.7 Å². The zero-order chi connectivity index (χ0) is 15.5. The molecule has 1 aromatic rings. The maximum absolute atomic E-state index is 11.2. The third-order valence-electron chi connectivity index (χ3n) is 4.56. The number of anilines is 1. The van der Waals surface area contributed by atoms with Crippen molar-refractivity contribution in [1.29, 1.82) is 0 Å².